The van der Waals surface area contributed by atoms with Crippen molar-refractivity contribution in [3.05, 3.63) is 11.6 Å². The Morgan fingerprint density at radius 1 is 1.47 bits per heavy atom. The number of carboxylic acid groups (broad SMARTS) is 1. The zero-order valence-electron chi connectivity index (χ0n) is 12.9. The molecule has 0 radical (unpaired) electrons. The summed E-state index contributed by atoms with van der Waals surface area (Å²) in [7, 11) is 0. The largest absolute Gasteiger partial charge is 0.465 e. The molecule has 4 heteroatoms. The third-order valence-electron chi connectivity index (χ3n) is 3.67. The summed E-state index contributed by atoms with van der Waals surface area (Å²) in [5.41, 5.74) is 1.55. The number of rotatable bonds is 3. The second-order valence-corrected chi connectivity index (χ2v) is 6.78. The van der Waals surface area contributed by atoms with E-state index in [4.69, 9.17) is 5.11 Å². The van der Waals surface area contributed by atoms with Crippen molar-refractivity contribution in [2.75, 3.05) is 13.1 Å². The SMILES string of the molecule is CC1=CCC(C(C)(C)S)CC1.CCN(CC)C(=O)O. The number of hydrogen-bond acceptors (Lipinski definition) is 2. The van der Waals surface area contributed by atoms with Crippen LogP contribution in [0.1, 0.15) is 53.9 Å². The van der Waals surface area contributed by atoms with Gasteiger partial charge in [-0.2, -0.15) is 12.6 Å². The zero-order valence-corrected chi connectivity index (χ0v) is 13.8. The molecule has 3 nitrogen and oxygen atoms in total. The van der Waals surface area contributed by atoms with E-state index in [-0.39, 0.29) is 4.75 Å². The molecule has 0 spiro atoms. The lowest BCUT2D eigenvalue weighted by Gasteiger charge is -2.31. The highest BCUT2D eigenvalue weighted by atomic mass is 32.1. The third-order valence-corrected chi connectivity index (χ3v) is 4.04. The molecule has 1 aliphatic rings. The molecule has 0 fully saturated rings. The van der Waals surface area contributed by atoms with Crippen molar-refractivity contribution in [2.45, 2.75) is 58.6 Å². The Morgan fingerprint density at radius 3 is 2.21 bits per heavy atom. The fraction of sp³-hybridized carbons (Fsp3) is 0.800. The minimum absolute atomic E-state index is 0.206. The van der Waals surface area contributed by atoms with Gasteiger partial charge in [-0.25, -0.2) is 4.79 Å². The fourth-order valence-corrected chi connectivity index (χ4v) is 2.34. The van der Waals surface area contributed by atoms with Crippen LogP contribution in [0.2, 0.25) is 0 Å². The van der Waals surface area contributed by atoms with E-state index in [1.54, 1.807) is 5.57 Å². The van der Waals surface area contributed by atoms with Crippen molar-refractivity contribution in [3.8, 4) is 0 Å². The lowest BCUT2D eigenvalue weighted by molar-refractivity contribution is 0.150. The Morgan fingerprint density at radius 2 is 2.00 bits per heavy atom. The van der Waals surface area contributed by atoms with Crippen LogP contribution in [-0.2, 0) is 0 Å². The molecule has 1 atom stereocenters. The average Bonchev–Trinajstić information content (AvgIpc) is 2.30. The summed E-state index contributed by atoms with van der Waals surface area (Å²) in [6, 6.07) is 0. The van der Waals surface area contributed by atoms with E-state index in [0.29, 0.717) is 13.1 Å². The van der Waals surface area contributed by atoms with Crippen LogP contribution in [0.5, 0.6) is 0 Å². The van der Waals surface area contributed by atoms with Gasteiger partial charge in [-0.15, -0.1) is 0 Å². The molecular weight excluding hydrogens is 258 g/mol. The maximum absolute atomic E-state index is 10.1. The molecule has 19 heavy (non-hydrogen) atoms. The average molecular weight is 287 g/mol. The molecule has 0 saturated carbocycles. The van der Waals surface area contributed by atoms with Crippen molar-refractivity contribution in [1.82, 2.24) is 4.90 Å². The summed E-state index contributed by atoms with van der Waals surface area (Å²) in [5.74, 6) is 0.773. The van der Waals surface area contributed by atoms with E-state index in [9.17, 15) is 4.79 Å². The van der Waals surface area contributed by atoms with Crippen LogP contribution in [0.25, 0.3) is 0 Å². The highest BCUT2D eigenvalue weighted by Gasteiger charge is 2.25. The van der Waals surface area contributed by atoms with Gasteiger partial charge < -0.3 is 10.0 Å². The first-order valence-corrected chi connectivity index (χ1v) is 7.52. The first kappa shape index (κ1) is 18.4. The van der Waals surface area contributed by atoms with Gasteiger partial charge in [0.2, 0.25) is 0 Å². The molecule has 0 bridgehead atoms. The minimum atomic E-state index is -0.838. The molecular formula is C15H29NO2S. The number of thiol groups is 1. The van der Waals surface area contributed by atoms with Gasteiger partial charge in [0.1, 0.15) is 0 Å². The van der Waals surface area contributed by atoms with Crippen LogP contribution in [0.4, 0.5) is 4.79 Å². The summed E-state index contributed by atoms with van der Waals surface area (Å²) in [6.45, 7) is 11.4. The molecule has 0 aliphatic heterocycles. The van der Waals surface area contributed by atoms with E-state index >= 15 is 0 Å². The van der Waals surface area contributed by atoms with Crippen LogP contribution in [0.3, 0.4) is 0 Å². The molecule has 1 unspecified atom stereocenters. The number of nitrogens with zero attached hydrogens (tertiary/aromatic N) is 1. The lowest BCUT2D eigenvalue weighted by Crippen LogP contribution is -2.28. The Bertz CT molecular complexity index is 304. The molecule has 1 aliphatic carbocycles. The standard InChI is InChI=1S/C10H18S.C5H11NO2/c1-8-4-6-9(7-5-8)10(2,3)11;1-3-6(4-2)5(7)8/h4,9,11H,5-7H2,1-3H3;3-4H2,1-2H3,(H,7,8). The number of hydrogen-bond donors (Lipinski definition) is 2. The molecule has 0 aromatic carbocycles. The van der Waals surface area contributed by atoms with Crippen LogP contribution in [0, 0.1) is 5.92 Å². The second kappa shape index (κ2) is 8.51. The first-order chi connectivity index (χ1) is 8.72. The van der Waals surface area contributed by atoms with E-state index in [2.05, 4.69) is 39.5 Å². The summed E-state index contributed by atoms with van der Waals surface area (Å²) in [5, 5.41) is 8.30. The number of allylic oxidation sites excluding steroid dienone is 2. The van der Waals surface area contributed by atoms with Gasteiger partial charge in [-0.3, -0.25) is 0 Å². The van der Waals surface area contributed by atoms with Gasteiger partial charge in [0.15, 0.2) is 0 Å². The van der Waals surface area contributed by atoms with E-state index in [1.165, 1.54) is 24.2 Å². The van der Waals surface area contributed by atoms with Gasteiger partial charge >= 0.3 is 6.09 Å². The Hall–Kier alpha value is -0.640. The maximum Gasteiger partial charge on any atom is 0.407 e. The van der Waals surface area contributed by atoms with Crippen molar-refractivity contribution < 1.29 is 9.90 Å². The first-order valence-electron chi connectivity index (χ1n) is 7.08. The highest BCUT2D eigenvalue weighted by molar-refractivity contribution is 7.81. The highest BCUT2D eigenvalue weighted by Crippen LogP contribution is 2.35. The molecule has 1 amide bonds. The Kier molecular flexibility index (Phi) is 8.23. The quantitative estimate of drug-likeness (QED) is 0.595. The van der Waals surface area contributed by atoms with Crippen molar-refractivity contribution >= 4 is 18.7 Å². The van der Waals surface area contributed by atoms with E-state index in [1.807, 2.05) is 13.8 Å². The van der Waals surface area contributed by atoms with Gasteiger partial charge in [0.05, 0.1) is 0 Å². The van der Waals surface area contributed by atoms with E-state index < -0.39 is 6.09 Å². The topological polar surface area (TPSA) is 40.5 Å². The molecule has 0 aromatic rings. The van der Waals surface area contributed by atoms with E-state index in [0.717, 1.165) is 5.92 Å². The van der Waals surface area contributed by atoms with Crippen LogP contribution < -0.4 is 0 Å². The van der Waals surface area contributed by atoms with Crippen molar-refractivity contribution in [1.29, 1.82) is 0 Å². The predicted octanol–water partition coefficient (Wildman–Crippen LogP) is 4.45. The maximum atomic E-state index is 10.1. The molecule has 1 rings (SSSR count). The van der Waals surface area contributed by atoms with Gasteiger partial charge in [-0.1, -0.05) is 25.5 Å². The Labute approximate surface area is 123 Å². The molecule has 1 N–H and O–H groups in total. The third kappa shape index (κ3) is 7.51. The van der Waals surface area contributed by atoms with Crippen molar-refractivity contribution in [2.24, 2.45) is 5.92 Å². The van der Waals surface area contributed by atoms with Crippen molar-refractivity contribution in [3.63, 3.8) is 0 Å². The predicted molar refractivity (Wildman–Crippen MR) is 85.1 cm³/mol. The van der Waals surface area contributed by atoms with Crippen LogP contribution in [-0.4, -0.2) is 33.9 Å². The van der Waals surface area contributed by atoms with Gasteiger partial charge in [0.25, 0.3) is 0 Å². The van der Waals surface area contributed by atoms with Crippen LogP contribution in [0.15, 0.2) is 11.6 Å². The molecule has 0 aromatic heterocycles. The molecule has 0 saturated heterocycles. The normalized spacial score (nSPS) is 19.1. The molecule has 112 valence electrons. The second-order valence-electron chi connectivity index (χ2n) is 5.63. The summed E-state index contributed by atoms with van der Waals surface area (Å²) >= 11 is 4.60. The van der Waals surface area contributed by atoms with Gasteiger partial charge in [-0.05, 0) is 46.0 Å². The lowest BCUT2D eigenvalue weighted by atomic mass is 9.82. The minimum Gasteiger partial charge on any atom is -0.465 e. The van der Waals surface area contributed by atoms with Gasteiger partial charge in [0, 0.05) is 17.8 Å². The molecule has 0 heterocycles. The number of amides is 1. The fourth-order valence-electron chi connectivity index (χ4n) is 2.10. The van der Waals surface area contributed by atoms with Crippen LogP contribution >= 0.6 is 12.6 Å². The number of carbonyl (C=O) groups is 1. The summed E-state index contributed by atoms with van der Waals surface area (Å²) in [4.78, 5) is 11.4. The smallest absolute Gasteiger partial charge is 0.407 e. The summed E-state index contributed by atoms with van der Waals surface area (Å²) < 4.78 is 0.206. The summed E-state index contributed by atoms with van der Waals surface area (Å²) in [6.07, 6.45) is 5.34. The monoisotopic (exact) mass is 287 g/mol. The zero-order chi connectivity index (χ0) is 15.1. The Balaban J connectivity index is 0.000000362.